The average Bonchev–Trinajstić information content (AvgIpc) is 2.66. The number of nitrogens with one attached hydrogen (secondary N) is 2. The SMILES string of the molecule is COc1ccc(S(=O)(=O)NCC(=O)NCCC2=CCCCC2)c(OC)c1. The maximum absolute atomic E-state index is 12.4. The molecule has 144 valence electrons. The van der Waals surface area contributed by atoms with Crippen molar-refractivity contribution in [2.24, 2.45) is 0 Å². The third-order valence-electron chi connectivity index (χ3n) is 4.24. The van der Waals surface area contributed by atoms with E-state index >= 15 is 0 Å². The Kier molecular flexibility index (Phi) is 7.47. The number of allylic oxidation sites excluding steroid dienone is 1. The van der Waals surface area contributed by atoms with Gasteiger partial charge in [-0.15, -0.1) is 0 Å². The van der Waals surface area contributed by atoms with Crippen LogP contribution in [0.3, 0.4) is 0 Å². The molecular formula is C18H26N2O5S. The number of amides is 1. The van der Waals surface area contributed by atoms with Crippen molar-refractivity contribution in [1.82, 2.24) is 10.0 Å². The van der Waals surface area contributed by atoms with Crippen LogP contribution in [-0.2, 0) is 14.8 Å². The fourth-order valence-corrected chi connectivity index (χ4v) is 3.92. The fourth-order valence-electron chi connectivity index (χ4n) is 2.79. The van der Waals surface area contributed by atoms with Gasteiger partial charge in [-0.3, -0.25) is 4.79 Å². The summed E-state index contributed by atoms with van der Waals surface area (Å²) in [6.07, 6.45) is 7.65. The molecule has 2 N–H and O–H groups in total. The second kappa shape index (κ2) is 9.59. The summed E-state index contributed by atoms with van der Waals surface area (Å²) in [5.41, 5.74) is 1.36. The van der Waals surface area contributed by atoms with Crippen LogP contribution in [-0.4, -0.2) is 41.6 Å². The minimum Gasteiger partial charge on any atom is -0.497 e. The second-order valence-electron chi connectivity index (χ2n) is 6.05. The minimum absolute atomic E-state index is 0.0408. The van der Waals surface area contributed by atoms with Gasteiger partial charge < -0.3 is 14.8 Å². The van der Waals surface area contributed by atoms with Crippen molar-refractivity contribution in [1.29, 1.82) is 0 Å². The van der Waals surface area contributed by atoms with E-state index in [1.165, 1.54) is 50.8 Å². The summed E-state index contributed by atoms with van der Waals surface area (Å²) in [5.74, 6) is 0.273. The quantitative estimate of drug-likeness (QED) is 0.637. The smallest absolute Gasteiger partial charge is 0.244 e. The topological polar surface area (TPSA) is 93.7 Å². The van der Waals surface area contributed by atoms with Crippen molar-refractivity contribution in [3.63, 3.8) is 0 Å². The highest BCUT2D eigenvalue weighted by atomic mass is 32.2. The molecule has 0 atom stereocenters. The summed E-state index contributed by atoms with van der Waals surface area (Å²) in [4.78, 5) is 11.9. The third kappa shape index (κ3) is 5.74. The Balaban J connectivity index is 1.87. The molecule has 2 rings (SSSR count). The number of carbonyl (C=O) groups is 1. The molecule has 8 heteroatoms. The zero-order valence-electron chi connectivity index (χ0n) is 15.2. The molecule has 0 aliphatic heterocycles. The number of hydrogen-bond acceptors (Lipinski definition) is 5. The first kappa shape index (κ1) is 20.3. The molecule has 1 aliphatic carbocycles. The third-order valence-corrected chi connectivity index (χ3v) is 5.68. The summed E-state index contributed by atoms with van der Waals surface area (Å²) in [6.45, 7) is 0.189. The molecule has 0 aromatic heterocycles. The number of benzene rings is 1. The van der Waals surface area contributed by atoms with Crippen LogP contribution < -0.4 is 19.5 Å². The van der Waals surface area contributed by atoms with Crippen LogP contribution >= 0.6 is 0 Å². The Labute approximate surface area is 154 Å². The predicted octanol–water partition coefficient (Wildman–Crippen LogP) is 1.99. The standard InChI is InChI=1S/C18H26N2O5S/c1-24-15-8-9-17(16(12-15)25-2)26(22,23)20-13-18(21)19-11-10-14-6-4-3-5-7-14/h6,8-9,12,20H,3-5,7,10-11,13H2,1-2H3,(H,19,21). The minimum atomic E-state index is -3.87. The normalized spacial score (nSPS) is 14.5. The van der Waals surface area contributed by atoms with Gasteiger partial charge in [0.2, 0.25) is 15.9 Å². The van der Waals surface area contributed by atoms with E-state index in [-0.39, 0.29) is 23.1 Å². The molecule has 0 saturated carbocycles. The van der Waals surface area contributed by atoms with Crippen LogP contribution in [0.25, 0.3) is 0 Å². The number of methoxy groups -OCH3 is 2. The Bertz CT molecular complexity index is 759. The highest BCUT2D eigenvalue weighted by molar-refractivity contribution is 7.89. The number of hydrogen-bond donors (Lipinski definition) is 2. The highest BCUT2D eigenvalue weighted by Gasteiger charge is 2.21. The van der Waals surface area contributed by atoms with Crippen LogP contribution in [0.5, 0.6) is 11.5 Å². The van der Waals surface area contributed by atoms with Gasteiger partial charge >= 0.3 is 0 Å². The van der Waals surface area contributed by atoms with Gasteiger partial charge in [0.15, 0.2) is 0 Å². The predicted molar refractivity (Wildman–Crippen MR) is 98.9 cm³/mol. The molecule has 0 heterocycles. The lowest BCUT2D eigenvalue weighted by molar-refractivity contribution is -0.119. The van der Waals surface area contributed by atoms with Crippen LogP contribution in [0, 0.1) is 0 Å². The summed E-state index contributed by atoms with van der Waals surface area (Å²) >= 11 is 0. The van der Waals surface area contributed by atoms with Crippen LogP contribution in [0.4, 0.5) is 0 Å². The summed E-state index contributed by atoms with van der Waals surface area (Å²) < 4.78 is 37.3. The van der Waals surface area contributed by atoms with Gasteiger partial charge in [0, 0.05) is 12.6 Å². The molecule has 0 spiro atoms. The molecule has 1 aromatic rings. The first-order chi connectivity index (χ1) is 12.5. The Hall–Kier alpha value is -2.06. The van der Waals surface area contributed by atoms with Gasteiger partial charge in [-0.25, -0.2) is 13.1 Å². The summed E-state index contributed by atoms with van der Waals surface area (Å²) in [7, 11) is -1.01. The van der Waals surface area contributed by atoms with Crippen molar-refractivity contribution in [3.8, 4) is 11.5 Å². The first-order valence-electron chi connectivity index (χ1n) is 8.62. The Morgan fingerprint density at radius 3 is 2.65 bits per heavy atom. The molecule has 0 fully saturated rings. The van der Waals surface area contributed by atoms with Gasteiger partial charge in [0.05, 0.1) is 20.8 Å². The number of rotatable bonds is 9. The van der Waals surface area contributed by atoms with Crippen molar-refractivity contribution in [2.75, 3.05) is 27.3 Å². The lowest BCUT2D eigenvalue weighted by Gasteiger charge is -2.14. The number of carbonyl (C=O) groups excluding carboxylic acids is 1. The lowest BCUT2D eigenvalue weighted by atomic mass is 9.97. The lowest BCUT2D eigenvalue weighted by Crippen LogP contribution is -2.37. The second-order valence-corrected chi connectivity index (χ2v) is 7.78. The molecule has 0 bridgehead atoms. The Morgan fingerprint density at radius 2 is 2.00 bits per heavy atom. The maximum Gasteiger partial charge on any atom is 0.244 e. The van der Waals surface area contributed by atoms with Gasteiger partial charge in [-0.05, 0) is 44.2 Å². The molecule has 26 heavy (non-hydrogen) atoms. The summed E-state index contributed by atoms with van der Waals surface area (Å²) in [6, 6.07) is 4.38. The van der Waals surface area contributed by atoms with Crippen molar-refractivity contribution in [2.45, 2.75) is 37.0 Å². The van der Waals surface area contributed by atoms with E-state index < -0.39 is 10.0 Å². The highest BCUT2D eigenvalue weighted by Crippen LogP contribution is 2.28. The average molecular weight is 382 g/mol. The Morgan fingerprint density at radius 1 is 1.19 bits per heavy atom. The van der Waals surface area contributed by atoms with Crippen LogP contribution in [0.15, 0.2) is 34.7 Å². The molecule has 1 amide bonds. The largest absolute Gasteiger partial charge is 0.497 e. The van der Waals surface area contributed by atoms with E-state index in [1.54, 1.807) is 0 Å². The van der Waals surface area contributed by atoms with Crippen LogP contribution in [0.1, 0.15) is 32.1 Å². The molecule has 0 radical (unpaired) electrons. The molecule has 1 aliphatic rings. The molecule has 0 saturated heterocycles. The van der Waals surface area contributed by atoms with Crippen LogP contribution in [0.2, 0.25) is 0 Å². The van der Waals surface area contributed by atoms with E-state index in [4.69, 9.17) is 9.47 Å². The first-order valence-corrected chi connectivity index (χ1v) is 10.1. The van der Waals surface area contributed by atoms with Gasteiger partial charge in [-0.2, -0.15) is 0 Å². The van der Waals surface area contributed by atoms with E-state index in [9.17, 15) is 13.2 Å². The molecule has 1 aromatic carbocycles. The molecular weight excluding hydrogens is 356 g/mol. The zero-order chi connectivity index (χ0) is 19.0. The molecule has 7 nitrogen and oxygen atoms in total. The van der Waals surface area contributed by atoms with Crippen molar-refractivity contribution >= 4 is 15.9 Å². The van der Waals surface area contributed by atoms with E-state index in [0.717, 1.165) is 19.3 Å². The zero-order valence-corrected chi connectivity index (χ0v) is 16.0. The van der Waals surface area contributed by atoms with Gasteiger partial charge in [0.25, 0.3) is 0 Å². The van der Waals surface area contributed by atoms with Crippen molar-refractivity contribution in [3.05, 3.63) is 29.8 Å². The van der Waals surface area contributed by atoms with E-state index in [1.807, 2.05) is 0 Å². The summed E-state index contributed by atoms with van der Waals surface area (Å²) in [5, 5.41) is 2.74. The van der Waals surface area contributed by atoms with Crippen molar-refractivity contribution < 1.29 is 22.7 Å². The number of ether oxygens (including phenoxy) is 2. The fraction of sp³-hybridized carbons (Fsp3) is 0.500. The molecule has 0 unspecified atom stereocenters. The number of sulfonamides is 1. The monoisotopic (exact) mass is 382 g/mol. The van der Waals surface area contributed by atoms with E-state index in [2.05, 4.69) is 16.1 Å². The maximum atomic E-state index is 12.4. The van der Waals surface area contributed by atoms with E-state index in [0.29, 0.717) is 12.3 Å². The van der Waals surface area contributed by atoms with Gasteiger partial charge in [-0.1, -0.05) is 11.6 Å². The van der Waals surface area contributed by atoms with Gasteiger partial charge in [0.1, 0.15) is 16.4 Å².